The van der Waals surface area contributed by atoms with Gasteiger partial charge in [-0.1, -0.05) is 17.7 Å². The number of aryl methyl sites for hydroxylation is 2. The summed E-state index contributed by atoms with van der Waals surface area (Å²) in [4.78, 5) is 26.8. The van der Waals surface area contributed by atoms with Crippen molar-refractivity contribution in [3.8, 4) is 5.69 Å². The molecule has 2 heterocycles. The maximum atomic E-state index is 13.3. The highest BCUT2D eigenvalue weighted by Crippen LogP contribution is 2.24. The van der Waals surface area contributed by atoms with E-state index in [0.717, 1.165) is 9.54 Å². The summed E-state index contributed by atoms with van der Waals surface area (Å²) in [5.74, 6) is -0.117. The van der Waals surface area contributed by atoms with E-state index in [0.29, 0.717) is 22.3 Å². The lowest BCUT2D eigenvalue weighted by Gasteiger charge is -2.14. The fourth-order valence-electron chi connectivity index (χ4n) is 3.58. The zero-order valence-electron chi connectivity index (χ0n) is 18.2. The summed E-state index contributed by atoms with van der Waals surface area (Å²) in [7, 11) is -0.586. The number of carbonyl (C=O) groups is 1. The topological polar surface area (TPSA) is 81.4 Å². The van der Waals surface area contributed by atoms with E-state index in [1.807, 2.05) is 6.92 Å². The Morgan fingerprint density at radius 2 is 1.53 bits per heavy atom. The molecule has 2 aromatic carbocycles. The average Bonchev–Trinajstić information content (AvgIpc) is 3.22. The van der Waals surface area contributed by atoms with Crippen LogP contribution < -0.4 is 5.43 Å². The van der Waals surface area contributed by atoms with Crippen LogP contribution in [0.15, 0.2) is 76.7 Å². The van der Waals surface area contributed by atoms with Crippen molar-refractivity contribution in [1.29, 1.82) is 0 Å². The van der Waals surface area contributed by atoms with E-state index >= 15 is 0 Å². The number of hydrogen-bond acceptors (Lipinski definition) is 4. The van der Waals surface area contributed by atoms with E-state index in [2.05, 4.69) is 0 Å². The normalized spacial score (nSPS) is 11.6. The second-order valence-electron chi connectivity index (χ2n) is 7.92. The highest BCUT2D eigenvalue weighted by atomic mass is 32.2. The number of pyridine rings is 1. The van der Waals surface area contributed by atoms with Crippen LogP contribution >= 0.6 is 0 Å². The third kappa shape index (κ3) is 3.52. The Hall–Kier alpha value is -3.65. The van der Waals surface area contributed by atoms with Gasteiger partial charge in [0.2, 0.25) is 5.43 Å². The smallest absolute Gasteiger partial charge is 0.268 e. The molecule has 0 fully saturated rings. The predicted molar refractivity (Wildman–Crippen MR) is 124 cm³/mol. The van der Waals surface area contributed by atoms with Crippen LogP contribution in [-0.4, -0.2) is 41.9 Å². The average molecular weight is 450 g/mol. The Morgan fingerprint density at radius 1 is 0.906 bits per heavy atom. The number of amides is 1. The number of carbonyl (C=O) groups excluding carboxylic acids is 1. The number of benzene rings is 2. The van der Waals surface area contributed by atoms with E-state index in [9.17, 15) is 18.0 Å². The zero-order chi connectivity index (χ0) is 23.2. The molecule has 0 spiro atoms. The van der Waals surface area contributed by atoms with Crippen LogP contribution in [0.25, 0.3) is 16.7 Å². The van der Waals surface area contributed by atoms with Crippen molar-refractivity contribution in [2.45, 2.75) is 18.7 Å². The predicted octanol–water partition coefficient (Wildman–Crippen LogP) is 3.35. The molecule has 0 atom stereocenters. The van der Waals surface area contributed by atoms with Crippen LogP contribution in [0, 0.1) is 13.8 Å². The van der Waals surface area contributed by atoms with Crippen LogP contribution in [-0.2, 0) is 10.0 Å². The van der Waals surface area contributed by atoms with Gasteiger partial charge in [0.1, 0.15) is 5.52 Å². The zero-order valence-corrected chi connectivity index (χ0v) is 19.1. The molecule has 8 heteroatoms. The van der Waals surface area contributed by atoms with Gasteiger partial charge in [-0.05, 0) is 56.3 Å². The molecule has 0 radical (unpaired) electrons. The molecule has 0 aliphatic heterocycles. The van der Waals surface area contributed by atoms with Gasteiger partial charge in [0.25, 0.3) is 15.9 Å². The molecular formula is C24H23N3O4S. The minimum atomic E-state index is -3.95. The molecule has 4 aromatic rings. The van der Waals surface area contributed by atoms with Gasteiger partial charge in [-0.2, -0.15) is 0 Å². The molecule has 2 aromatic heterocycles. The molecule has 0 N–H and O–H groups in total. The summed E-state index contributed by atoms with van der Waals surface area (Å²) in [6.07, 6.45) is 3.08. The Balaban J connectivity index is 1.90. The van der Waals surface area contributed by atoms with Gasteiger partial charge >= 0.3 is 0 Å². The fourth-order valence-corrected chi connectivity index (χ4v) is 4.93. The summed E-state index contributed by atoms with van der Waals surface area (Å²) in [6.45, 7) is 3.53. The van der Waals surface area contributed by atoms with Gasteiger partial charge in [-0.3, -0.25) is 9.59 Å². The number of hydrogen-bond donors (Lipinski definition) is 0. The molecule has 0 saturated carbocycles. The summed E-state index contributed by atoms with van der Waals surface area (Å²) < 4.78 is 29.4. The summed E-state index contributed by atoms with van der Waals surface area (Å²) in [5.41, 5.74) is 2.78. The molecule has 0 aliphatic carbocycles. The molecule has 1 amide bonds. The largest absolute Gasteiger partial charge is 0.345 e. The second-order valence-corrected chi connectivity index (χ2v) is 9.74. The van der Waals surface area contributed by atoms with Gasteiger partial charge in [-0.25, -0.2) is 12.4 Å². The molecule has 32 heavy (non-hydrogen) atoms. The van der Waals surface area contributed by atoms with Crippen LogP contribution in [0.2, 0.25) is 0 Å². The van der Waals surface area contributed by atoms with Crippen LogP contribution in [0.1, 0.15) is 21.5 Å². The van der Waals surface area contributed by atoms with Crippen LogP contribution in [0.3, 0.4) is 0 Å². The van der Waals surface area contributed by atoms with E-state index in [4.69, 9.17) is 0 Å². The van der Waals surface area contributed by atoms with Crippen molar-refractivity contribution in [2.24, 2.45) is 0 Å². The Labute approximate surface area is 186 Å². The van der Waals surface area contributed by atoms with E-state index in [-0.39, 0.29) is 21.7 Å². The van der Waals surface area contributed by atoms with Crippen LogP contribution in [0.4, 0.5) is 0 Å². The summed E-state index contributed by atoms with van der Waals surface area (Å²) >= 11 is 0. The maximum Gasteiger partial charge on any atom is 0.268 e. The van der Waals surface area contributed by atoms with Gasteiger partial charge < -0.3 is 9.47 Å². The number of rotatable bonds is 4. The van der Waals surface area contributed by atoms with Crippen molar-refractivity contribution in [2.75, 3.05) is 14.1 Å². The highest BCUT2D eigenvalue weighted by Gasteiger charge is 2.22. The maximum absolute atomic E-state index is 13.3. The molecular weight excluding hydrogens is 426 g/mol. The first-order valence-electron chi connectivity index (χ1n) is 9.99. The molecule has 7 nitrogen and oxygen atoms in total. The van der Waals surface area contributed by atoms with Gasteiger partial charge in [-0.15, -0.1) is 0 Å². The quantitative estimate of drug-likeness (QED) is 0.479. The lowest BCUT2D eigenvalue weighted by Crippen LogP contribution is -2.21. The van der Waals surface area contributed by atoms with Crippen LogP contribution in [0.5, 0.6) is 0 Å². The number of fused-ring (bicyclic) bond motifs is 1. The third-order valence-electron chi connectivity index (χ3n) is 5.36. The van der Waals surface area contributed by atoms with E-state index in [1.165, 1.54) is 23.2 Å². The van der Waals surface area contributed by atoms with Crippen molar-refractivity contribution in [3.63, 3.8) is 0 Å². The summed E-state index contributed by atoms with van der Waals surface area (Å²) in [5, 5.41) is 0. The third-order valence-corrected chi connectivity index (χ3v) is 7.05. The van der Waals surface area contributed by atoms with Crippen molar-refractivity contribution in [3.05, 3.63) is 93.9 Å². The van der Waals surface area contributed by atoms with Crippen molar-refractivity contribution in [1.82, 2.24) is 13.4 Å². The molecule has 0 bridgehead atoms. The van der Waals surface area contributed by atoms with Gasteiger partial charge in [0, 0.05) is 43.3 Å². The van der Waals surface area contributed by atoms with Crippen molar-refractivity contribution >= 4 is 27.0 Å². The Kier molecular flexibility index (Phi) is 5.26. The van der Waals surface area contributed by atoms with Gasteiger partial charge in [0.05, 0.1) is 10.4 Å². The monoisotopic (exact) mass is 449 g/mol. The molecule has 0 aliphatic rings. The van der Waals surface area contributed by atoms with E-state index in [1.54, 1.807) is 74.2 Å². The molecule has 164 valence electrons. The highest BCUT2D eigenvalue weighted by molar-refractivity contribution is 7.90. The molecule has 4 rings (SSSR count). The number of aromatic nitrogens is 2. The second kappa shape index (κ2) is 7.80. The fraction of sp³-hybridized carbons (Fsp3) is 0.167. The number of nitrogens with zero attached hydrogens (tertiary/aromatic N) is 3. The molecule has 0 unspecified atom stereocenters. The first kappa shape index (κ1) is 21.6. The lowest BCUT2D eigenvalue weighted by atomic mass is 10.1. The first-order valence-corrected chi connectivity index (χ1v) is 11.4. The SMILES string of the molecule is Cc1ccc(S(=O)(=O)n2ccc3c2c(=O)c(C)cn3-c2ccc(C(=O)N(C)C)cc2)cc1. The Bertz CT molecular complexity index is 1490. The minimum absolute atomic E-state index is 0.0824. The lowest BCUT2D eigenvalue weighted by molar-refractivity contribution is 0.0827. The van der Waals surface area contributed by atoms with Crippen molar-refractivity contribution < 1.29 is 13.2 Å². The standard InChI is InChI=1S/C24H23N3O4S/c1-16-5-11-20(12-6-16)32(30,31)27-14-13-21-22(27)23(28)17(2)15-26(21)19-9-7-18(8-10-19)24(29)25(3)4/h5-15H,1-4H3. The summed E-state index contributed by atoms with van der Waals surface area (Å²) in [6, 6.07) is 15.1. The first-order chi connectivity index (χ1) is 15.1. The minimum Gasteiger partial charge on any atom is -0.345 e. The molecule has 0 saturated heterocycles. The van der Waals surface area contributed by atoms with E-state index < -0.39 is 10.0 Å². The van der Waals surface area contributed by atoms with Gasteiger partial charge in [0.15, 0.2) is 0 Å². The Morgan fingerprint density at radius 3 is 2.12 bits per heavy atom.